The van der Waals surface area contributed by atoms with E-state index in [1.54, 1.807) is 12.1 Å². The Bertz CT molecular complexity index is 1540. The van der Waals surface area contributed by atoms with Crippen LogP contribution in [-0.4, -0.2) is 17.2 Å². The molecular weight excluding hydrogens is 547 g/mol. The molecule has 0 unspecified atom stereocenters. The van der Waals surface area contributed by atoms with E-state index >= 15 is 0 Å². The monoisotopic (exact) mass is 569 g/mol. The first-order chi connectivity index (χ1) is 19.0. The van der Waals surface area contributed by atoms with Crippen molar-refractivity contribution in [1.29, 1.82) is 0 Å². The highest BCUT2D eigenvalue weighted by Crippen LogP contribution is 2.48. The second-order valence-corrected chi connectivity index (χ2v) is 10.0. The summed E-state index contributed by atoms with van der Waals surface area (Å²) in [5.41, 5.74) is 2.24. The Morgan fingerprint density at radius 3 is 2.02 bits per heavy atom. The number of ether oxygens (including phenoxy) is 1. The summed E-state index contributed by atoms with van der Waals surface area (Å²) in [7, 11) is 0. The lowest BCUT2D eigenvalue weighted by Gasteiger charge is -2.15. The summed E-state index contributed by atoms with van der Waals surface area (Å²) in [6, 6.07) is 19.1. The van der Waals surface area contributed by atoms with Crippen LogP contribution in [0.5, 0.6) is 0 Å². The number of nitrogens with one attached hydrogen (secondary N) is 1. The fourth-order valence-electron chi connectivity index (χ4n) is 4.52. The number of anilines is 1. The van der Waals surface area contributed by atoms with E-state index in [0.717, 1.165) is 28.8 Å². The van der Waals surface area contributed by atoms with Crippen LogP contribution in [0.4, 0.5) is 23.7 Å². The van der Waals surface area contributed by atoms with E-state index < -0.39 is 35.3 Å². The molecule has 1 heterocycles. The van der Waals surface area contributed by atoms with Crippen molar-refractivity contribution in [2.45, 2.75) is 37.5 Å². The van der Waals surface area contributed by atoms with Gasteiger partial charge in [-0.15, -0.1) is 0 Å². The van der Waals surface area contributed by atoms with E-state index in [2.05, 4.69) is 5.32 Å². The van der Waals surface area contributed by atoms with Crippen LogP contribution in [0, 0.1) is 0 Å². The standard InChI is InChI=1S/C30H23ClF3NO5/c1-17(18-6-12-23(13-7-18)30(32,33)34)40-28(38)35-25-24(31)16-39-26(25)21-4-2-19(3-5-21)20-8-10-22(11-9-20)29(14-15-29)27(36)37/h2-13,16-17H,14-15H2,1H3,(H,35,38)(H,36,37)/t17-/m1/s1. The lowest BCUT2D eigenvalue weighted by molar-refractivity contribution is -0.140. The smallest absolute Gasteiger partial charge is 0.416 e. The van der Waals surface area contributed by atoms with Gasteiger partial charge < -0.3 is 14.3 Å². The molecule has 1 aromatic heterocycles. The number of rotatable bonds is 7. The highest BCUT2D eigenvalue weighted by atomic mass is 35.5. The van der Waals surface area contributed by atoms with E-state index in [9.17, 15) is 27.9 Å². The third-order valence-electron chi connectivity index (χ3n) is 7.04. The molecule has 1 aliphatic carbocycles. The molecule has 1 saturated carbocycles. The number of carboxylic acids is 1. The largest absolute Gasteiger partial charge is 0.481 e. The maximum absolute atomic E-state index is 12.8. The molecule has 206 valence electrons. The third kappa shape index (κ3) is 5.42. The summed E-state index contributed by atoms with van der Waals surface area (Å²) in [6.45, 7) is 1.54. The molecule has 0 spiro atoms. The molecule has 6 nitrogen and oxygen atoms in total. The fraction of sp³-hybridized carbons (Fsp3) is 0.200. The van der Waals surface area contributed by atoms with Gasteiger partial charge in [-0.1, -0.05) is 72.3 Å². The maximum Gasteiger partial charge on any atom is 0.416 e. The van der Waals surface area contributed by atoms with E-state index in [0.29, 0.717) is 29.7 Å². The number of carboxylic acid groups (broad SMARTS) is 1. The van der Waals surface area contributed by atoms with Gasteiger partial charge in [-0.05, 0) is 54.2 Å². The van der Waals surface area contributed by atoms with E-state index in [1.807, 2.05) is 36.4 Å². The minimum absolute atomic E-state index is 0.140. The molecular formula is C30H23ClF3NO5. The van der Waals surface area contributed by atoms with Crippen LogP contribution in [0.2, 0.25) is 5.02 Å². The first-order valence-electron chi connectivity index (χ1n) is 12.3. The Morgan fingerprint density at radius 2 is 1.50 bits per heavy atom. The van der Waals surface area contributed by atoms with Crippen molar-refractivity contribution in [2.24, 2.45) is 0 Å². The Hall–Kier alpha value is -4.24. The van der Waals surface area contributed by atoms with E-state index in [1.165, 1.54) is 25.3 Å². The highest BCUT2D eigenvalue weighted by molar-refractivity contribution is 6.34. The Morgan fingerprint density at radius 1 is 0.950 bits per heavy atom. The number of alkyl halides is 3. The van der Waals surface area contributed by atoms with Gasteiger partial charge in [0, 0.05) is 5.56 Å². The Kier molecular flexibility index (Phi) is 7.10. The molecule has 2 N–H and O–H groups in total. The normalized spacial score (nSPS) is 14.8. The maximum atomic E-state index is 12.8. The van der Waals surface area contributed by atoms with Gasteiger partial charge in [0.1, 0.15) is 23.1 Å². The van der Waals surface area contributed by atoms with Crippen molar-refractivity contribution in [3.8, 4) is 22.5 Å². The van der Waals surface area contributed by atoms with Crippen LogP contribution in [0.15, 0.2) is 83.5 Å². The van der Waals surface area contributed by atoms with Gasteiger partial charge in [0.15, 0.2) is 5.76 Å². The summed E-state index contributed by atoms with van der Waals surface area (Å²) < 4.78 is 49.4. The van der Waals surface area contributed by atoms with Gasteiger partial charge in [0.25, 0.3) is 0 Å². The van der Waals surface area contributed by atoms with Crippen molar-refractivity contribution in [3.63, 3.8) is 0 Å². The second-order valence-electron chi connectivity index (χ2n) is 9.62. The van der Waals surface area contributed by atoms with Crippen LogP contribution >= 0.6 is 11.6 Å². The molecule has 0 radical (unpaired) electrons. The van der Waals surface area contributed by atoms with E-state index in [4.69, 9.17) is 20.8 Å². The number of hydrogen-bond acceptors (Lipinski definition) is 4. The topological polar surface area (TPSA) is 88.8 Å². The average molecular weight is 570 g/mol. The van der Waals surface area contributed by atoms with Crippen molar-refractivity contribution >= 4 is 29.4 Å². The zero-order valence-electron chi connectivity index (χ0n) is 21.1. The number of amides is 1. The van der Waals surface area contributed by atoms with Gasteiger partial charge in [-0.25, -0.2) is 4.79 Å². The van der Waals surface area contributed by atoms with E-state index in [-0.39, 0.29) is 10.7 Å². The number of aliphatic carboxylic acids is 1. The van der Waals surface area contributed by atoms with Crippen molar-refractivity contribution in [1.82, 2.24) is 0 Å². The van der Waals surface area contributed by atoms with Crippen molar-refractivity contribution < 1.29 is 37.0 Å². The summed E-state index contributed by atoms with van der Waals surface area (Å²) in [5, 5.41) is 12.2. The molecule has 0 bridgehead atoms. The minimum atomic E-state index is -4.46. The van der Waals surface area contributed by atoms with Gasteiger partial charge in [-0.3, -0.25) is 10.1 Å². The SMILES string of the molecule is C[C@@H](OC(=O)Nc1c(Cl)coc1-c1ccc(-c2ccc(C3(C(=O)O)CC3)cc2)cc1)c1ccc(C(F)(F)F)cc1. The zero-order chi connectivity index (χ0) is 28.7. The summed E-state index contributed by atoms with van der Waals surface area (Å²) in [6.07, 6.45) is -3.59. The molecule has 4 aromatic rings. The Labute approximate surface area is 232 Å². The first-order valence-corrected chi connectivity index (χ1v) is 12.7. The summed E-state index contributed by atoms with van der Waals surface area (Å²) in [4.78, 5) is 24.2. The number of halogens is 4. The van der Waals surface area contributed by atoms with Crippen LogP contribution in [-0.2, 0) is 21.1 Å². The van der Waals surface area contributed by atoms with Crippen LogP contribution in [0.3, 0.4) is 0 Å². The molecule has 40 heavy (non-hydrogen) atoms. The molecule has 3 aromatic carbocycles. The van der Waals surface area contributed by atoms with Crippen LogP contribution < -0.4 is 5.32 Å². The number of carbonyl (C=O) groups excluding carboxylic acids is 1. The van der Waals surface area contributed by atoms with Gasteiger partial charge in [0.2, 0.25) is 0 Å². The molecule has 5 rings (SSSR count). The number of furan rings is 1. The first kappa shape index (κ1) is 27.3. The second kappa shape index (κ2) is 10.4. The lowest BCUT2D eigenvalue weighted by atomic mass is 9.93. The fourth-order valence-corrected chi connectivity index (χ4v) is 4.69. The minimum Gasteiger partial charge on any atom is -0.481 e. The zero-order valence-corrected chi connectivity index (χ0v) is 21.8. The third-order valence-corrected chi connectivity index (χ3v) is 7.32. The predicted molar refractivity (Wildman–Crippen MR) is 143 cm³/mol. The van der Waals surface area contributed by atoms with Crippen molar-refractivity contribution in [3.05, 3.63) is 101 Å². The quantitative estimate of drug-likeness (QED) is 0.232. The molecule has 1 amide bonds. The molecule has 1 aliphatic rings. The molecule has 1 fully saturated rings. The average Bonchev–Trinajstić information content (AvgIpc) is 3.68. The lowest BCUT2D eigenvalue weighted by Crippen LogP contribution is -2.19. The molecule has 1 atom stereocenters. The van der Waals surface area contributed by atoms with Gasteiger partial charge in [-0.2, -0.15) is 13.2 Å². The summed E-state index contributed by atoms with van der Waals surface area (Å²) in [5.74, 6) is -0.507. The summed E-state index contributed by atoms with van der Waals surface area (Å²) >= 11 is 6.25. The van der Waals surface area contributed by atoms with Gasteiger partial charge in [0.05, 0.1) is 11.0 Å². The molecule has 10 heteroatoms. The van der Waals surface area contributed by atoms with Gasteiger partial charge >= 0.3 is 18.2 Å². The van der Waals surface area contributed by atoms with Crippen LogP contribution in [0.25, 0.3) is 22.5 Å². The number of hydrogen-bond donors (Lipinski definition) is 2. The molecule has 0 aliphatic heterocycles. The Balaban J connectivity index is 1.27. The number of benzene rings is 3. The number of carbonyl (C=O) groups is 2. The predicted octanol–water partition coefficient (Wildman–Crippen LogP) is 8.71. The highest BCUT2D eigenvalue weighted by Gasteiger charge is 2.51. The van der Waals surface area contributed by atoms with Crippen molar-refractivity contribution in [2.75, 3.05) is 5.32 Å². The molecule has 0 saturated heterocycles. The van der Waals surface area contributed by atoms with Crippen LogP contribution in [0.1, 0.15) is 42.6 Å².